The number of pyridine rings is 1. The van der Waals surface area contributed by atoms with Crippen LogP contribution in [0.3, 0.4) is 0 Å². The molecular formula is C15H23N3O. The molecule has 3 rings (SSSR count). The van der Waals surface area contributed by atoms with Gasteiger partial charge >= 0.3 is 0 Å². The molecule has 1 N–H and O–H groups in total. The van der Waals surface area contributed by atoms with Crippen LogP contribution in [0.1, 0.15) is 32.6 Å². The number of hydrogen-bond donors (Lipinski definition) is 1. The lowest BCUT2D eigenvalue weighted by molar-refractivity contribution is 0.188. The maximum absolute atomic E-state index is 5.45. The largest absolute Gasteiger partial charge is 0.478 e. The van der Waals surface area contributed by atoms with Crippen molar-refractivity contribution >= 4 is 5.82 Å². The van der Waals surface area contributed by atoms with Crippen LogP contribution >= 0.6 is 0 Å². The summed E-state index contributed by atoms with van der Waals surface area (Å²) in [4.78, 5) is 7.14. The molecule has 0 amide bonds. The Morgan fingerprint density at radius 3 is 3.21 bits per heavy atom. The predicted molar refractivity (Wildman–Crippen MR) is 76.6 cm³/mol. The Morgan fingerprint density at radius 2 is 2.32 bits per heavy atom. The van der Waals surface area contributed by atoms with Gasteiger partial charge in [-0.25, -0.2) is 0 Å². The highest BCUT2D eigenvalue weighted by Crippen LogP contribution is 2.28. The second-order valence-corrected chi connectivity index (χ2v) is 5.49. The van der Waals surface area contributed by atoms with E-state index in [1.165, 1.54) is 38.8 Å². The number of nitrogens with zero attached hydrogens (tertiary/aromatic N) is 2. The van der Waals surface area contributed by atoms with E-state index in [0.29, 0.717) is 18.5 Å². The highest BCUT2D eigenvalue weighted by Gasteiger charge is 2.31. The number of aromatic nitrogens is 1. The van der Waals surface area contributed by atoms with E-state index in [4.69, 9.17) is 4.74 Å². The summed E-state index contributed by atoms with van der Waals surface area (Å²) in [6.07, 6.45) is 5.21. The van der Waals surface area contributed by atoms with Gasteiger partial charge in [0, 0.05) is 24.7 Å². The summed E-state index contributed by atoms with van der Waals surface area (Å²) < 4.78 is 5.45. The topological polar surface area (TPSA) is 37.4 Å². The molecule has 2 aliphatic rings. The molecule has 1 aromatic rings. The van der Waals surface area contributed by atoms with E-state index in [1.54, 1.807) is 0 Å². The zero-order valence-corrected chi connectivity index (χ0v) is 11.6. The normalized spacial score (nSPS) is 27.0. The lowest BCUT2D eigenvalue weighted by Gasteiger charge is -2.35. The summed E-state index contributed by atoms with van der Waals surface area (Å²) in [5.74, 6) is 1.66. The van der Waals surface area contributed by atoms with E-state index in [9.17, 15) is 0 Å². The van der Waals surface area contributed by atoms with Gasteiger partial charge in [0.25, 0.3) is 0 Å². The van der Waals surface area contributed by atoms with E-state index in [2.05, 4.69) is 15.2 Å². The fourth-order valence-corrected chi connectivity index (χ4v) is 3.29. The van der Waals surface area contributed by atoms with E-state index in [1.807, 2.05) is 25.1 Å². The summed E-state index contributed by atoms with van der Waals surface area (Å²) in [7, 11) is 0. The van der Waals surface area contributed by atoms with Crippen molar-refractivity contribution in [2.45, 2.75) is 44.7 Å². The Labute approximate surface area is 115 Å². The molecule has 104 valence electrons. The summed E-state index contributed by atoms with van der Waals surface area (Å²) in [5, 5.41) is 3.57. The summed E-state index contributed by atoms with van der Waals surface area (Å²) in [6.45, 7) is 5.18. The summed E-state index contributed by atoms with van der Waals surface area (Å²) >= 11 is 0. The van der Waals surface area contributed by atoms with Gasteiger partial charge in [-0.1, -0.05) is 6.07 Å². The molecule has 2 unspecified atom stereocenters. The molecule has 2 saturated heterocycles. The highest BCUT2D eigenvalue weighted by molar-refractivity contribution is 5.38. The number of anilines is 1. The van der Waals surface area contributed by atoms with Gasteiger partial charge in [0.1, 0.15) is 5.82 Å². The lowest BCUT2D eigenvalue weighted by Crippen LogP contribution is -2.42. The van der Waals surface area contributed by atoms with Gasteiger partial charge in [-0.2, -0.15) is 4.98 Å². The van der Waals surface area contributed by atoms with Crippen LogP contribution in [0, 0.1) is 0 Å². The van der Waals surface area contributed by atoms with Crippen molar-refractivity contribution in [2.24, 2.45) is 0 Å². The first-order chi connectivity index (χ1) is 9.35. The first-order valence-electron chi connectivity index (χ1n) is 7.45. The molecule has 2 atom stereocenters. The molecular weight excluding hydrogens is 238 g/mol. The molecule has 0 spiro atoms. The van der Waals surface area contributed by atoms with Crippen molar-refractivity contribution in [2.75, 3.05) is 25.0 Å². The van der Waals surface area contributed by atoms with Crippen molar-refractivity contribution in [3.8, 4) is 5.88 Å². The molecule has 3 heterocycles. The van der Waals surface area contributed by atoms with Crippen LogP contribution in [-0.4, -0.2) is 41.7 Å². The smallest absolute Gasteiger partial charge is 0.215 e. The van der Waals surface area contributed by atoms with E-state index >= 15 is 0 Å². The van der Waals surface area contributed by atoms with Crippen LogP contribution in [0.15, 0.2) is 18.2 Å². The van der Waals surface area contributed by atoms with Crippen LogP contribution < -0.4 is 10.1 Å². The molecule has 4 heteroatoms. The Bertz CT molecular complexity index is 424. The third kappa shape index (κ3) is 3.00. The minimum absolute atomic E-state index is 0.559. The van der Waals surface area contributed by atoms with Crippen LogP contribution in [0.25, 0.3) is 0 Å². The first-order valence-corrected chi connectivity index (χ1v) is 7.45. The van der Waals surface area contributed by atoms with Crippen molar-refractivity contribution < 1.29 is 4.74 Å². The number of ether oxygens (including phenoxy) is 1. The van der Waals surface area contributed by atoms with Crippen LogP contribution in [-0.2, 0) is 0 Å². The number of rotatable bonds is 4. The standard InChI is InChI=1S/C15H23N3O/c1-2-19-15-7-3-6-14(17-15)16-12-8-10-18-9-4-5-13(18)11-12/h3,6-7,12-13H,2,4-5,8-11H2,1H3,(H,16,17). The second-order valence-electron chi connectivity index (χ2n) is 5.49. The van der Waals surface area contributed by atoms with Gasteiger partial charge in [-0.3, -0.25) is 0 Å². The number of fused-ring (bicyclic) bond motifs is 1. The van der Waals surface area contributed by atoms with Crippen LogP contribution in [0.4, 0.5) is 5.82 Å². The minimum atomic E-state index is 0.559. The van der Waals surface area contributed by atoms with Crippen molar-refractivity contribution in [1.82, 2.24) is 9.88 Å². The molecule has 0 saturated carbocycles. The van der Waals surface area contributed by atoms with Crippen molar-refractivity contribution in [1.29, 1.82) is 0 Å². The number of piperidine rings is 1. The molecule has 4 nitrogen and oxygen atoms in total. The Kier molecular flexibility index (Phi) is 3.87. The maximum atomic E-state index is 5.45. The van der Waals surface area contributed by atoms with E-state index < -0.39 is 0 Å². The van der Waals surface area contributed by atoms with Gasteiger partial charge < -0.3 is 15.0 Å². The van der Waals surface area contributed by atoms with Gasteiger partial charge in [-0.05, 0) is 45.2 Å². The molecule has 2 fully saturated rings. The van der Waals surface area contributed by atoms with Gasteiger partial charge in [-0.15, -0.1) is 0 Å². The lowest BCUT2D eigenvalue weighted by atomic mass is 9.97. The predicted octanol–water partition coefficient (Wildman–Crippen LogP) is 2.52. The summed E-state index contributed by atoms with van der Waals surface area (Å²) in [5.41, 5.74) is 0. The van der Waals surface area contributed by atoms with Crippen LogP contribution in [0.2, 0.25) is 0 Å². The Morgan fingerprint density at radius 1 is 1.37 bits per heavy atom. The average Bonchev–Trinajstić information content (AvgIpc) is 2.87. The number of hydrogen-bond acceptors (Lipinski definition) is 4. The monoisotopic (exact) mass is 261 g/mol. The average molecular weight is 261 g/mol. The van der Waals surface area contributed by atoms with Crippen molar-refractivity contribution in [3.05, 3.63) is 18.2 Å². The fraction of sp³-hybridized carbons (Fsp3) is 0.667. The second kappa shape index (κ2) is 5.78. The molecule has 1 aromatic heterocycles. The third-order valence-corrected chi connectivity index (χ3v) is 4.19. The Balaban J connectivity index is 1.60. The zero-order valence-electron chi connectivity index (χ0n) is 11.6. The first kappa shape index (κ1) is 12.7. The summed E-state index contributed by atoms with van der Waals surface area (Å²) in [6, 6.07) is 7.30. The van der Waals surface area contributed by atoms with Crippen molar-refractivity contribution in [3.63, 3.8) is 0 Å². The minimum Gasteiger partial charge on any atom is -0.478 e. The van der Waals surface area contributed by atoms with E-state index in [-0.39, 0.29) is 0 Å². The Hall–Kier alpha value is -1.29. The highest BCUT2D eigenvalue weighted by atomic mass is 16.5. The van der Waals surface area contributed by atoms with E-state index in [0.717, 1.165) is 11.9 Å². The van der Waals surface area contributed by atoms with Crippen LogP contribution in [0.5, 0.6) is 5.88 Å². The van der Waals surface area contributed by atoms with Gasteiger partial charge in [0.05, 0.1) is 6.61 Å². The zero-order chi connectivity index (χ0) is 13.1. The number of nitrogens with one attached hydrogen (secondary N) is 1. The maximum Gasteiger partial charge on any atom is 0.215 e. The molecule has 19 heavy (non-hydrogen) atoms. The molecule has 0 aliphatic carbocycles. The molecule has 2 aliphatic heterocycles. The molecule has 0 radical (unpaired) electrons. The van der Waals surface area contributed by atoms with Gasteiger partial charge in [0.2, 0.25) is 5.88 Å². The molecule has 0 aromatic carbocycles. The third-order valence-electron chi connectivity index (χ3n) is 4.19. The SMILES string of the molecule is CCOc1cccc(NC2CCN3CCCC3C2)n1. The molecule has 0 bridgehead atoms. The van der Waals surface area contributed by atoms with Gasteiger partial charge in [0.15, 0.2) is 0 Å². The quantitative estimate of drug-likeness (QED) is 0.903. The fourth-order valence-electron chi connectivity index (χ4n) is 3.29.